The first-order valence-electron chi connectivity index (χ1n) is 6.68. The van der Waals surface area contributed by atoms with Gasteiger partial charge in [-0.25, -0.2) is 0 Å². The Kier molecular flexibility index (Phi) is 6.96. The van der Waals surface area contributed by atoms with Crippen LogP contribution in [0.5, 0.6) is 0 Å². The van der Waals surface area contributed by atoms with E-state index in [2.05, 4.69) is 5.32 Å². The maximum atomic E-state index is 11.7. The third-order valence-corrected chi connectivity index (χ3v) is 2.90. The quantitative estimate of drug-likeness (QED) is 0.737. The molecule has 0 fully saturated rings. The van der Waals surface area contributed by atoms with Crippen molar-refractivity contribution in [1.82, 2.24) is 5.32 Å². The van der Waals surface area contributed by atoms with Crippen molar-refractivity contribution in [3.8, 4) is 0 Å². The van der Waals surface area contributed by atoms with E-state index in [1.54, 1.807) is 0 Å². The van der Waals surface area contributed by atoms with Crippen LogP contribution in [0.25, 0.3) is 0 Å². The number of amides is 1. The van der Waals surface area contributed by atoms with Gasteiger partial charge in [0, 0.05) is 12.5 Å². The van der Waals surface area contributed by atoms with Crippen LogP contribution in [-0.4, -0.2) is 23.5 Å². The van der Waals surface area contributed by atoms with Gasteiger partial charge >= 0.3 is 5.97 Å². The third-order valence-electron chi connectivity index (χ3n) is 2.90. The molecule has 0 aromatic heterocycles. The number of aliphatic carboxylic acids is 1. The van der Waals surface area contributed by atoms with Crippen molar-refractivity contribution in [3.63, 3.8) is 0 Å². The number of carboxylic acids is 1. The van der Waals surface area contributed by atoms with Crippen molar-refractivity contribution in [3.05, 3.63) is 0 Å². The lowest BCUT2D eigenvalue weighted by atomic mass is 9.84. The van der Waals surface area contributed by atoms with Crippen LogP contribution in [0.2, 0.25) is 0 Å². The van der Waals surface area contributed by atoms with Crippen molar-refractivity contribution >= 4 is 11.9 Å². The van der Waals surface area contributed by atoms with Crippen LogP contribution in [0.3, 0.4) is 0 Å². The summed E-state index contributed by atoms with van der Waals surface area (Å²) in [6, 6.07) is 0. The SMILES string of the molecule is CCCC(C)C(=O)NCC(CC(C)(C)C)C(=O)O. The van der Waals surface area contributed by atoms with Gasteiger partial charge in [0.1, 0.15) is 0 Å². The van der Waals surface area contributed by atoms with E-state index in [0.717, 1.165) is 12.8 Å². The first-order chi connectivity index (χ1) is 8.17. The van der Waals surface area contributed by atoms with Crippen LogP contribution in [0, 0.1) is 17.3 Å². The molecule has 18 heavy (non-hydrogen) atoms. The Hall–Kier alpha value is -1.06. The fourth-order valence-electron chi connectivity index (χ4n) is 1.95. The molecule has 106 valence electrons. The maximum absolute atomic E-state index is 11.7. The highest BCUT2D eigenvalue weighted by Gasteiger charge is 2.25. The predicted molar refractivity (Wildman–Crippen MR) is 72.3 cm³/mol. The van der Waals surface area contributed by atoms with Gasteiger partial charge in [0.2, 0.25) is 5.91 Å². The Bertz CT molecular complexity index is 281. The number of hydrogen-bond donors (Lipinski definition) is 2. The predicted octanol–water partition coefficient (Wildman–Crippen LogP) is 2.68. The molecule has 0 saturated heterocycles. The standard InChI is InChI=1S/C14H27NO3/c1-6-7-10(2)12(16)15-9-11(13(17)18)8-14(3,4)5/h10-11H,6-9H2,1-5H3,(H,15,16)(H,17,18). The molecule has 0 aliphatic carbocycles. The second kappa shape index (κ2) is 7.39. The Labute approximate surface area is 110 Å². The Morgan fingerprint density at radius 1 is 1.28 bits per heavy atom. The summed E-state index contributed by atoms with van der Waals surface area (Å²) in [4.78, 5) is 22.9. The molecule has 1 amide bonds. The second-order valence-corrected chi connectivity index (χ2v) is 6.23. The lowest BCUT2D eigenvalue weighted by Gasteiger charge is -2.24. The van der Waals surface area contributed by atoms with E-state index in [-0.39, 0.29) is 23.8 Å². The molecular weight excluding hydrogens is 230 g/mol. The highest BCUT2D eigenvalue weighted by molar-refractivity contribution is 5.79. The molecule has 4 heteroatoms. The number of hydrogen-bond acceptors (Lipinski definition) is 2. The van der Waals surface area contributed by atoms with E-state index in [4.69, 9.17) is 5.11 Å². The molecule has 0 aliphatic heterocycles. The number of nitrogens with one attached hydrogen (secondary N) is 1. The van der Waals surface area contributed by atoms with Crippen LogP contribution >= 0.6 is 0 Å². The Morgan fingerprint density at radius 3 is 2.22 bits per heavy atom. The van der Waals surface area contributed by atoms with Gasteiger partial charge in [-0.15, -0.1) is 0 Å². The molecule has 2 N–H and O–H groups in total. The van der Waals surface area contributed by atoms with Crippen molar-refractivity contribution < 1.29 is 14.7 Å². The van der Waals surface area contributed by atoms with Crippen molar-refractivity contribution in [1.29, 1.82) is 0 Å². The van der Waals surface area contributed by atoms with Crippen LogP contribution in [0.15, 0.2) is 0 Å². The average molecular weight is 257 g/mol. The molecule has 0 aliphatic rings. The minimum atomic E-state index is -0.839. The van der Waals surface area contributed by atoms with Gasteiger partial charge in [0.05, 0.1) is 5.92 Å². The van der Waals surface area contributed by atoms with Crippen LogP contribution in [-0.2, 0) is 9.59 Å². The monoisotopic (exact) mass is 257 g/mol. The lowest BCUT2D eigenvalue weighted by molar-refractivity contribution is -0.142. The van der Waals surface area contributed by atoms with E-state index in [9.17, 15) is 9.59 Å². The van der Waals surface area contributed by atoms with Gasteiger partial charge in [0.25, 0.3) is 0 Å². The van der Waals surface area contributed by atoms with Crippen molar-refractivity contribution in [2.24, 2.45) is 17.3 Å². The number of carboxylic acid groups (broad SMARTS) is 1. The summed E-state index contributed by atoms with van der Waals surface area (Å²) in [6.07, 6.45) is 2.35. The third kappa shape index (κ3) is 7.30. The zero-order valence-electron chi connectivity index (χ0n) is 12.2. The van der Waals surface area contributed by atoms with Crippen LogP contribution < -0.4 is 5.32 Å². The average Bonchev–Trinajstić information content (AvgIpc) is 2.22. The summed E-state index contributed by atoms with van der Waals surface area (Å²) < 4.78 is 0. The van der Waals surface area contributed by atoms with Gasteiger partial charge in [-0.2, -0.15) is 0 Å². The second-order valence-electron chi connectivity index (χ2n) is 6.23. The van der Waals surface area contributed by atoms with Crippen LogP contribution in [0.1, 0.15) is 53.9 Å². The minimum Gasteiger partial charge on any atom is -0.481 e. The van der Waals surface area contributed by atoms with Crippen molar-refractivity contribution in [2.75, 3.05) is 6.54 Å². The van der Waals surface area contributed by atoms with Crippen LogP contribution in [0.4, 0.5) is 0 Å². The van der Waals surface area contributed by atoms with E-state index < -0.39 is 11.9 Å². The summed E-state index contributed by atoms with van der Waals surface area (Å²) in [6.45, 7) is 10.1. The molecule has 0 bridgehead atoms. The molecule has 0 rings (SSSR count). The summed E-state index contributed by atoms with van der Waals surface area (Å²) in [7, 11) is 0. The van der Waals surface area contributed by atoms with Gasteiger partial charge in [0.15, 0.2) is 0 Å². The van der Waals surface area contributed by atoms with E-state index >= 15 is 0 Å². The first kappa shape index (κ1) is 16.9. The maximum Gasteiger partial charge on any atom is 0.308 e. The van der Waals surface area contributed by atoms with Gasteiger partial charge in [-0.05, 0) is 18.3 Å². The van der Waals surface area contributed by atoms with E-state index in [1.165, 1.54) is 0 Å². The largest absolute Gasteiger partial charge is 0.481 e. The molecule has 2 unspecified atom stereocenters. The van der Waals surface area contributed by atoms with Gasteiger partial charge in [-0.1, -0.05) is 41.0 Å². The number of carbonyl (C=O) groups excluding carboxylic acids is 1. The molecule has 0 aromatic carbocycles. The molecule has 0 saturated carbocycles. The van der Waals surface area contributed by atoms with Crippen molar-refractivity contribution in [2.45, 2.75) is 53.9 Å². The summed E-state index contributed by atoms with van der Waals surface area (Å²) in [5.41, 5.74) is -0.0528. The Balaban J connectivity index is 4.28. The van der Waals surface area contributed by atoms with Gasteiger partial charge in [-0.3, -0.25) is 9.59 Å². The zero-order chi connectivity index (χ0) is 14.3. The summed E-state index contributed by atoms with van der Waals surface area (Å²) in [5.74, 6) is -1.44. The van der Waals surface area contributed by atoms with E-state index in [1.807, 2.05) is 34.6 Å². The topological polar surface area (TPSA) is 66.4 Å². The summed E-state index contributed by atoms with van der Waals surface area (Å²) in [5, 5.41) is 11.9. The molecule has 2 atom stereocenters. The lowest BCUT2D eigenvalue weighted by Crippen LogP contribution is -2.37. The number of carbonyl (C=O) groups is 2. The fraction of sp³-hybridized carbons (Fsp3) is 0.857. The smallest absolute Gasteiger partial charge is 0.308 e. The molecule has 0 heterocycles. The fourth-order valence-corrected chi connectivity index (χ4v) is 1.95. The molecule has 4 nitrogen and oxygen atoms in total. The highest BCUT2D eigenvalue weighted by Crippen LogP contribution is 2.24. The van der Waals surface area contributed by atoms with E-state index in [0.29, 0.717) is 6.42 Å². The number of rotatable bonds is 7. The highest BCUT2D eigenvalue weighted by atomic mass is 16.4. The van der Waals surface area contributed by atoms with Gasteiger partial charge < -0.3 is 10.4 Å². The molecular formula is C14H27NO3. The molecule has 0 radical (unpaired) electrons. The minimum absolute atomic E-state index is 0.0425. The molecule has 0 spiro atoms. The first-order valence-corrected chi connectivity index (χ1v) is 6.68. The summed E-state index contributed by atoms with van der Waals surface area (Å²) >= 11 is 0. The Morgan fingerprint density at radius 2 is 1.83 bits per heavy atom. The molecule has 0 aromatic rings. The zero-order valence-corrected chi connectivity index (χ0v) is 12.2. The normalized spacial score (nSPS) is 14.9.